The highest BCUT2D eigenvalue weighted by Gasteiger charge is 2.42. The molecule has 2 aromatic rings. The monoisotopic (exact) mass is 387 g/mol. The zero-order valence-corrected chi connectivity index (χ0v) is 15.8. The molecule has 0 saturated heterocycles. The van der Waals surface area contributed by atoms with Crippen molar-refractivity contribution in [1.82, 2.24) is 5.32 Å². The average Bonchev–Trinajstić information content (AvgIpc) is 3.31. The van der Waals surface area contributed by atoms with E-state index in [2.05, 4.69) is 12.2 Å². The molecule has 2 aromatic carbocycles. The molecule has 0 radical (unpaired) electrons. The number of hydrogen-bond donors (Lipinski definition) is 1. The summed E-state index contributed by atoms with van der Waals surface area (Å²) in [7, 11) is 0. The van der Waals surface area contributed by atoms with Crippen molar-refractivity contribution < 1.29 is 18.0 Å². The number of benzene rings is 2. The van der Waals surface area contributed by atoms with Gasteiger partial charge in [0.05, 0.1) is 5.56 Å². The first-order valence-corrected chi connectivity index (χ1v) is 9.90. The molecule has 2 saturated carbocycles. The molecule has 2 aliphatic rings. The molecule has 2 fully saturated rings. The van der Waals surface area contributed by atoms with Crippen LogP contribution in [0.2, 0.25) is 0 Å². The fraction of sp³-hybridized carbons (Fsp3) is 0.435. The lowest BCUT2D eigenvalue weighted by atomic mass is 9.84. The number of carbonyl (C=O) groups excluding carboxylic acids is 1. The van der Waals surface area contributed by atoms with E-state index in [0.717, 1.165) is 18.1 Å². The van der Waals surface area contributed by atoms with Gasteiger partial charge in [-0.25, -0.2) is 0 Å². The van der Waals surface area contributed by atoms with E-state index < -0.39 is 11.7 Å². The Morgan fingerprint density at radius 3 is 2.36 bits per heavy atom. The van der Waals surface area contributed by atoms with E-state index in [0.29, 0.717) is 28.5 Å². The first kappa shape index (κ1) is 19.0. The minimum absolute atomic E-state index is 0.100. The summed E-state index contributed by atoms with van der Waals surface area (Å²) < 4.78 is 38.5. The predicted molar refractivity (Wildman–Crippen MR) is 103 cm³/mol. The summed E-state index contributed by atoms with van der Waals surface area (Å²) in [5.74, 6) is 1.89. The van der Waals surface area contributed by atoms with Crippen LogP contribution in [0.15, 0.2) is 48.5 Å². The second kappa shape index (κ2) is 7.26. The van der Waals surface area contributed by atoms with Gasteiger partial charge in [0.25, 0.3) is 5.91 Å². The van der Waals surface area contributed by atoms with E-state index in [4.69, 9.17) is 0 Å². The molecule has 0 aliphatic heterocycles. The molecule has 0 spiro atoms. The Morgan fingerprint density at radius 2 is 1.75 bits per heavy atom. The molecule has 5 heteroatoms. The number of halogens is 3. The van der Waals surface area contributed by atoms with Crippen LogP contribution in [-0.4, -0.2) is 11.9 Å². The largest absolute Gasteiger partial charge is 0.416 e. The van der Waals surface area contributed by atoms with Crippen LogP contribution in [0.5, 0.6) is 0 Å². The van der Waals surface area contributed by atoms with Crippen LogP contribution in [0.25, 0.3) is 11.1 Å². The van der Waals surface area contributed by atoms with Gasteiger partial charge >= 0.3 is 6.18 Å². The third-order valence-corrected chi connectivity index (χ3v) is 6.49. The normalized spacial score (nSPS) is 24.9. The third kappa shape index (κ3) is 3.67. The molecule has 148 valence electrons. The molecule has 0 aromatic heterocycles. The van der Waals surface area contributed by atoms with Crippen molar-refractivity contribution in [2.24, 2.45) is 17.8 Å². The summed E-state index contributed by atoms with van der Waals surface area (Å²) in [5.41, 5.74) is 1.06. The van der Waals surface area contributed by atoms with Gasteiger partial charge in [0.15, 0.2) is 0 Å². The van der Waals surface area contributed by atoms with Crippen LogP contribution in [0.4, 0.5) is 13.2 Å². The van der Waals surface area contributed by atoms with Crippen LogP contribution < -0.4 is 5.32 Å². The lowest BCUT2D eigenvalue weighted by Crippen LogP contribution is -2.40. The van der Waals surface area contributed by atoms with Gasteiger partial charge in [-0.1, -0.05) is 36.8 Å². The van der Waals surface area contributed by atoms with Crippen LogP contribution in [0.3, 0.4) is 0 Å². The molecule has 4 unspecified atom stereocenters. The number of nitrogens with one attached hydrogen (secondary N) is 1. The zero-order chi connectivity index (χ0) is 19.9. The highest BCUT2D eigenvalue weighted by molar-refractivity contribution is 6.01. The van der Waals surface area contributed by atoms with Crippen LogP contribution in [-0.2, 0) is 6.18 Å². The Morgan fingerprint density at radius 1 is 1.04 bits per heavy atom. The highest BCUT2D eigenvalue weighted by Crippen LogP contribution is 2.49. The average molecular weight is 387 g/mol. The van der Waals surface area contributed by atoms with E-state index >= 15 is 0 Å². The van der Waals surface area contributed by atoms with Gasteiger partial charge in [-0.3, -0.25) is 4.79 Å². The summed E-state index contributed by atoms with van der Waals surface area (Å²) in [6.07, 6.45) is 0.682. The van der Waals surface area contributed by atoms with E-state index in [-0.39, 0.29) is 11.9 Å². The van der Waals surface area contributed by atoms with Crippen molar-refractivity contribution in [2.45, 2.75) is 44.8 Å². The first-order valence-electron chi connectivity index (χ1n) is 9.90. The van der Waals surface area contributed by atoms with Crippen LogP contribution >= 0.6 is 0 Å². The minimum atomic E-state index is -4.37. The van der Waals surface area contributed by atoms with Gasteiger partial charge in [0.1, 0.15) is 0 Å². The number of fused-ring (bicyclic) bond motifs is 2. The lowest BCUT2D eigenvalue weighted by Gasteiger charge is -2.28. The van der Waals surface area contributed by atoms with Crippen molar-refractivity contribution in [3.8, 4) is 11.1 Å². The van der Waals surface area contributed by atoms with Gasteiger partial charge < -0.3 is 5.32 Å². The Kier molecular flexibility index (Phi) is 4.94. The molecule has 1 N–H and O–H groups in total. The number of alkyl halides is 3. The van der Waals surface area contributed by atoms with Crippen molar-refractivity contribution in [3.63, 3.8) is 0 Å². The van der Waals surface area contributed by atoms with E-state index in [1.165, 1.54) is 37.8 Å². The van der Waals surface area contributed by atoms with E-state index in [1.54, 1.807) is 24.3 Å². The first-order chi connectivity index (χ1) is 13.3. The zero-order valence-electron chi connectivity index (χ0n) is 15.8. The van der Waals surface area contributed by atoms with Crippen LogP contribution in [0, 0.1) is 17.8 Å². The van der Waals surface area contributed by atoms with Gasteiger partial charge in [-0.2, -0.15) is 13.2 Å². The molecule has 0 heterocycles. The van der Waals surface area contributed by atoms with Crippen molar-refractivity contribution in [2.75, 3.05) is 0 Å². The number of carbonyl (C=O) groups is 1. The minimum Gasteiger partial charge on any atom is -0.349 e. The summed E-state index contributed by atoms with van der Waals surface area (Å²) in [5, 5.41) is 3.15. The summed E-state index contributed by atoms with van der Waals surface area (Å²) >= 11 is 0. The fourth-order valence-corrected chi connectivity index (χ4v) is 5.07. The van der Waals surface area contributed by atoms with E-state index in [9.17, 15) is 18.0 Å². The molecular formula is C23H24F3NO. The third-order valence-electron chi connectivity index (χ3n) is 6.49. The summed E-state index contributed by atoms with van der Waals surface area (Å²) in [4.78, 5) is 12.9. The maximum Gasteiger partial charge on any atom is 0.416 e. The van der Waals surface area contributed by atoms with Crippen molar-refractivity contribution in [3.05, 3.63) is 59.7 Å². The Balaban J connectivity index is 1.53. The second-order valence-electron chi connectivity index (χ2n) is 8.22. The number of hydrogen-bond acceptors (Lipinski definition) is 1. The van der Waals surface area contributed by atoms with Gasteiger partial charge in [-0.15, -0.1) is 0 Å². The van der Waals surface area contributed by atoms with Gasteiger partial charge in [0, 0.05) is 11.6 Å². The highest BCUT2D eigenvalue weighted by atomic mass is 19.4. The molecular weight excluding hydrogens is 363 g/mol. The molecule has 2 nitrogen and oxygen atoms in total. The lowest BCUT2D eigenvalue weighted by molar-refractivity contribution is -0.137. The van der Waals surface area contributed by atoms with Crippen molar-refractivity contribution >= 4 is 5.91 Å². The molecule has 2 bridgehead atoms. The molecule has 2 aliphatic carbocycles. The SMILES string of the molecule is CC(NC(=O)c1ccccc1-c1ccc(C(F)(F)F)cc1)C1CC2CCC1C2. The molecule has 4 rings (SSSR count). The summed E-state index contributed by atoms with van der Waals surface area (Å²) in [6.45, 7) is 2.07. The predicted octanol–water partition coefficient (Wildman–Crippen LogP) is 5.93. The molecule has 28 heavy (non-hydrogen) atoms. The smallest absolute Gasteiger partial charge is 0.349 e. The Hall–Kier alpha value is -2.30. The maximum atomic E-state index is 12.9. The van der Waals surface area contributed by atoms with E-state index in [1.807, 2.05) is 0 Å². The fourth-order valence-electron chi connectivity index (χ4n) is 5.07. The topological polar surface area (TPSA) is 29.1 Å². The van der Waals surface area contributed by atoms with Gasteiger partial charge in [-0.05, 0) is 73.3 Å². The molecule has 4 atom stereocenters. The summed E-state index contributed by atoms with van der Waals surface area (Å²) in [6, 6.07) is 12.2. The second-order valence-corrected chi connectivity index (χ2v) is 8.22. The van der Waals surface area contributed by atoms with Gasteiger partial charge in [0.2, 0.25) is 0 Å². The quantitative estimate of drug-likeness (QED) is 0.692. The van der Waals surface area contributed by atoms with Crippen molar-refractivity contribution in [1.29, 1.82) is 0 Å². The Bertz CT molecular complexity index is 859. The molecule has 1 amide bonds. The number of amides is 1. The number of rotatable bonds is 4. The van der Waals surface area contributed by atoms with Crippen LogP contribution in [0.1, 0.15) is 48.5 Å². The maximum absolute atomic E-state index is 12.9. The Labute approximate surface area is 163 Å². The standard InChI is InChI=1S/C23H24F3NO/c1-14(21-13-15-6-7-17(21)12-15)27-22(28)20-5-3-2-4-19(20)16-8-10-18(11-9-16)23(24,25)26/h2-5,8-11,14-15,17,21H,6-7,12-13H2,1H3,(H,27,28).